The van der Waals surface area contributed by atoms with Crippen LogP contribution in [0.25, 0.3) is 0 Å². The van der Waals surface area contributed by atoms with Crippen LogP contribution in [0.2, 0.25) is 0 Å². The number of hydrogen-bond donors (Lipinski definition) is 2. The molecule has 1 fully saturated rings. The molecule has 0 amide bonds. The summed E-state index contributed by atoms with van der Waals surface area (Å²) in [5.74, 6) is 0.821. The lowest BCUT2D eigenvalue weighted by molar-refractivity contribution is -1.08. The molecule has 0 heterocycles. The summed E-state index contributed by atoms with van der Waals surface area (Å²) in [5.41, 5.74) is 0.0281. The first-order chi connectivity index (χ1) is 9.35. The molecule has 1 aromatic carbocycles. The van der Waals surface area contributed by atoms with E-state index >= 15 is 0 Å². The van der Waals surface area contributed by atoms with Gasteiger partial charge in [0, 0.05) is 5.92 Å². The highest BCUT2D eigenvalue weighted by Crippen LogP contribution is 2.43. The van der Waals surface area contributed by atoms with Gasteiger partial charge in [0.15, 0.2) is 0 Å². The Balaban J connectivity index is 2.32. The Bertz CT molecular complexity index is 455. The number of ether oxygens (including phenoxy) is 1. The van der Waals surface area contributed by atoms with E-state index in [-0.39, 0.29) is 10.6 Å². The Morgan fingerprint density at radius 1 is 1.35 bits per heavy atom. The molecule has 1 saturated carbocycles. The fourth-order valence-corrected chi connectivity index (χ4v) is 3.28. The van der Waals surface area contributed by atoms with Crippen LogP contribution >= 0.6 is 0 Å². The molecule has 1 aliphatic rings. The molecule has 0 radical (unpaired) electrons. The monoisotopic (exact) mass is 280 g/mol. The van der Waals surface area contributed by atoms with Crippen LogP contribution in [0.5, 0.6) is 5.75 Å². The number of nitrogens with zero attached hydrogens (tertiary/aromatic N) is 1. The SMILES string of the molecule is COc1cccc([C@]2(O)CCCC[C@H]2C[N+](C)(C)O)c1. The van der Waals surface area contributed by atoms with Crippen molar-refractivity contribution < 1.29 is 19.7 Å². The summed E-state index contributed by atoms with van der Waals surface area (Å²) in [7, 11) is 5.14. The van der Waals surface area contributed by atoms with Crippen molar-refractivity contribution in [3.63, 3.8) is 0 Å². The second-order valence-corrected chi connectivity index (χ2v) is 6.40. The van der Waals surface area contributed by atoms with Crippen molar-refractivity contribution in [3.05, 3.63) is 29.8 Å². The smallest absolute Gasteiger partial charge is 0.119 e. The molecule has 1 aliphatic carbocycles. The molecule has 4 nitrogen and oxygen atoms in total. The largest absolute Gasteiger partial charge is 0.497 e. The minimum absolute atomic E-state index is 0.0587. The number of hydroxylamine groups is 3. The molecule has 0 saturated heterocycles. The van der Waals surface area contributed by atoms with E-state index in [4.69, 9.17) is 4.74 Å². The summed E-state index contributed by atoms with van der Waals surface area (Å²) in [6.45, 7) is 0.549. The van der Waals surface area contributed by atoms with Gasteiger partial charge in [-0.15, -0.1) is 0 Å². The first-order valence-corrected chi connectivity index (χ1v) is 7.28. The molecule has 2 N–H and O–H groups in total. The number of methoxy groups -OCH3 is 1. The summed E-state index contributed by atoms with van der Waals surface area (Å²) in [6.07, 6.45) is 3.81. The Labute approximate surface area is 121 Å². The molecule has 0 unspecified atom stereocenters. The van der Waals surface area contributed by atoms with Crippen LogP contribution in [0.4, 0.5) is 0 Å². The molecule has 0 spiro atoms. The van der Waals surface area contributed by atoms with Gasteiger partial charge in [-0.1, -0.05) is 25.0 Å². The van der Waals surface area contributed by atoms with Crippen LogP contribution in [0.3, 0.4) is 0 Å². The maximum Gasteiger partial charge on any atom is 0.119 e. The Kier molecular flexibility index (Phi) is 4.37. The normalized spacial score (nSPS) is 27.4. The summed E-state index contributed by atoms with van der Waals surface area (Å²) < 4.78 is 5.15. The second kappa shape index (κ2) is 5.72. The minimum atomic E-state index is -0.870. The zero-order valence-corrected chi connectivity index (χ0v) is 12.7. The van der Waals surface area contributed by atoms with Gasteiger partial charge in [-0.3, -0.25) is 0 Å². The maximum absolute atomic E-state index is 11.2. The van der Waals surface area contributed by atoms with E-state index in [1.54, 1.807) is 21.2 Å². The molecule has 0 aliphatic heterocycles. The van der Waals surface area contributed by atoms with Crippen molar-refractivity contribution in [1.82, 2.24) is 0 Å². The lowest BCUT2D eigenvalue weighted by Crippen LogP contribution is -2.49. The fraction of sp³-hybridized carbons (Fsp3) is 0.625. The maximum atomic E-state index is 11.2. The van der Waals surface area contributed by atoms with Crippen LogP contribution in [0.1, 0.15) is 31.2 Å². The van der Waals surface area contributed by atoms with E-state index in [2.05, 4.69) is 0 Å². The molecule has 0 bridgehead atoms. The molecule has 2 rings (SSSR count). The molecule has 20 heavy (non-hydrogen) atoms. The zero-order chi connectivity index (χ0) is 14.8. The number of benzene rings is 1. The van der Waals surface area contributed by atoms with Crippen LogP contribution in [-0.2, 0) is 5.60 Å². The Morgan fingerprint density at radius 2 is 2.10 bits per heavy atom. The highest BCUT2D eigenvalue weighted by molar-refractivity contribution is 5.33. The van der Waals surface area contributed by atoms with Gasteiger partial charge in [-0.2, -0.15) is 4.65 Å². The van der Waals surface area contributed by atoms with Gasteiger partial charge in [-0.05, 0) is 30.5 Å². The predicted molar refractivity (Wildman–Crippen MR) is 77.6 cm³/mol. The number of quaternary nitrogens is 1. The molecule has 0 aromatic heterocycles. The average Bonchev–Trinajstić information content (AvgIpc) is 2.40. The molecular formula is C16H26NO3+. The molecule has 112 valence electrons. The number of aliphatic hydroxyl groups is 1. The number of hydrogen-bond acceptors (Lipinski definition) is 3. The summed E-state index contributed by atoms with van der Waals surface area (Å²) >= 11 is 0. The van der Waals surface area contributed by atoms with Crippen molar-refractivity contribution in [3.8, 4) is 5.75 Å². The van der Waals surface area contributed by atoms with Gasteiger partial charge < -0.3 is 9.84 Å². The zero-order valence-electron chi connectivity index (χ0n) is 12.7. The third kappa shape index (κ3) is 3.32. The fourth-order valence-electron chi connectivity index (χ4n) is 3.28. The lowest BCUT2D eigenvalue weighted by atomic mass is 9.71. The van der Waals surface area contributed by atoms with Crippen molar-refractivity contribution in [2.75, 3.05) is 27.7 Å². The molecule has 2 atom stereocenters. The van der Waals surface area contributed by atoms with E-state index in [0.717, 1.165) is 37.0 Å². The van der Waals surface area contributed by atoms with Crippen LogP contribution < -0.4 is 4.74 Å². The molecular weight excluding hydrogens is 254 g/mol. The first-order valence-electron chi connectivity index (χ1n) is 7.28. The Hall–Kier alpha value is -1.10. The molecule has 1 aromatic rings. The van der Waals surface area contributed by atoms with Crippen molar-refractivity contribution in [2.45, 2.75) is 31.3 Å². The average molecular weight is 280 g/mol. The summed E-state index contributed by atoms with van der Waals surface area (Å²) in [5, 5.41) is 21.3. The standard InChI is InChI=1S/C16H26NO3/c1-17(2,19)12-14-7-4-5-10-16(14,18)13-8-6-9-15(11-13)20-3/h6,8-9,11,14,18-19H,4-5,7,10,12H2,1-3H3/q+1/t14-,16+/m0/s1. The topological polar surface area (TPSA) is 49.7 Å². The van der Waals surface area contributed by atoms with Gasteiger partial charge in [-0.25, -0.2) is 5.21 Å². The second-order valence-electron chi connectivity index (χ2n) is 6.40. The van der Waals surface area contributed by atoms with Crippen LogP contribution in [0.15, 0.2) is 24.3 Å². The van der Waals surface area contributed by atoms with Gasteiger partial charge in [0.2, 0.25) is 0 Å². The van der Waals surface area contributed by atoms with Crippen molar-refractivity contribution >= 4 is 0 Å². The predicted octanol–water partition coefficient (Wildman–Crippen LogP) is 2.54. The van der Waals surface area contributed by atoms with Gasteiger partial charge in [0.1, 0.15) is 12.3 Å². The van der Waals surface area contributed by atoms with E-state index in [0.29, 0.717) is 6.54 Å². The van der Waals surface area contributed by atoms with Gasteiger partial charge in [0.05, 0.1) is 26.8 Å². The highest BCUT2D eigenvalue weighted by atomic mass is 16.5. The van der Waals surface area contributed by atoms with E-state index in [1.165, 1.54) is 0 Å². The highest BCUT2D eigenvalue weighted by Gasteiger charge is 2.43. The van der Waals surface area contributed by atoms with Crippen LogP contribution in [-0.4, -0.2) is 42.7 Å². The summed E-state index contributed by atoms with van der Waals surface area (Å²) in [6, 6.07) is 7.67. The summed E-state index contributed by atoms with van der Waals surface area (Å²) in [4.78, 5) is 0. The van der Waals surface area contributed by atoms with E-state index in [1.807, 2.05) is 24.3 Å². The molecule has 4 heteroatoms. The first kappa shape index (κ1) is 15.3. The minimum Gasteiger partial charge on any atom is -0.497 e. The third-order valence-electron chi connectivity index (χ3n) is 4.27. The number of rotatable bonds is 4. The Morgan fingerprint density at radius 3 is 2.75 bits per heavy atom. The van der Waals surface area contributed by atoms with Gasteiger partial charge >= 0.3 is 0 Å². The lowest BCUT2D eigenvalue weighted by Gasteiger charge is -2.41. The van der Waals surface area contributed by atoms with E-state index in [9.17, 15) is 10.3 Å². The van der Waals surface area contributed by atoms with Crippen molar-refractivity contribution in [2.24, 2.45) is 5.92 Å². The van der Waals surface area contributed by atoms with Gasteiger partial charge in [0.25, 0.3) is 0 Å². The third-order valence-corrected chi connectivity index (χ3v) is 4.27. The van der Waals surface area contributed by atoms with E-state index < -0.39 is 5.60 Å². The quantitative estimate of drug-likeness (QED) is 0.658. The van der Waals surface area contributed by atoms with Crippen molar-refractivity contribution in [1.29, 1.82) is 0 Å². The van der Waals surface area contributed by atoms with Crippen LogP contribution in [0, 0.1) is 5.92 Å².